The van der Waals surface area contributed by atoms with Gasteiger partial charge in [0.15, 0.2) is 0 Å². The highest BCUT2D eigenvalue weighted by Gasteiger charge is 2.07. The summed E-state index contributed by atoms with van der Waals surface area (Å²) in [5, 5.41) is 2.49. The van der Waals surface area contributed by atoms with Crippen LogP contribution in [0.25, 0.3) is 0 Å². The van der Waals surface area contributed by atoms with Crippen LogP contribution in [-0.4, -0.2) is 19.3 Å². The average Bonchev–Trinajstić information content (AvgIpc) is 2.35. The monoisotopic (exact) mass is 235 g/mol. The number of amides is 1. The number of nitrogens with one attached hydrogen (secondary N) is 1. The molecule has 0 radical (unpaired) electrons. The van der Waals surface area contributed by atoms with Crippen LogP contribution in [0.2, 0.25) is 0 Å². The smallest absolute Gasteiger partial charge is 0.284 e. The van der Waals surface area contributed by atoms with E-state index < -0.39 is 5.91 Å². The van der Waals surface area contributed by atoms with Crippen LogP contribution >= 0.6 is 0 Å². The Balaban J connectivity index is 2.85. The average molecular weight is 235 g/mol. The van der Waals surface area contributed by atoms with Gasteiger partial charge >= 0.3 is 0 Å². The Morgan fingerprint density at radius 3 is 2.71 bits per heavy atom. The van der Waals surface area contributed by atoms with Gasteiger partial charge in [0.1, 0.15) is 5.75 Å². The van der Waals surface area contributed by atoms with Crippen LogP contribution in [0.5, 0.6) is 5.75 Å². The van der Waals surface area contributed by atoms with Gasteiger partial charge in [0.05, 0.1) is 7.11 Å². The number of carbonyl (C=O) groups is 2. The van der Waals surface area contributed by atoms with Crippen LogP contribution in [0.1, 0.15) is 30.9 Å². The zero-order valence-corrected chi connectivity index (χ0v) is 10.3. The first-order chi connectivity index (χ1) is 8.08. The van der Waals surface area contributed by atoms with E-state index in [1.165, 1.54) is 5.56 Å². The van der Waals surface area contributed by atoms with Crippen molar-refractivity contribution in [3.63, 3.8) is 0 Å². The van der Waals surface area contributed by atoms with Crippen molar-refractivity contribution < 1.29 is 14.3 Å². The molecule has 0 saturated heterocycles. The zero-order valence-electron chi connectivity index (χ0n) is 10.3. The van der Waals surface area contributed by atoms with Crippen LogP contribution in [0.4, 0.5) is 0 Å². The molecule has 1 aromatic rings. The van der Waals surface area contributed by atoms with Crippen molar-refractivity contribution in [3.8, 4) is 5.75 Å². The third-order valence-corrected chi connectivity index (χ3v) is 2.54. The summed E-state index contributed by atoms with van der Waals surface area (Å²) in [5.41, 5.74) is 2.03. The van der Waals surface area contributed by atoms with Gasteiger partial charge in [-0.25, -0.2) is 0 Å². The molecule has 1 aromatic carbocycles. The van der Waals surface area contributed by atoms with Crippen molar-refractivity contribution in [2.24, 2.45) is 0 Å². The van der Waals surface area contributed by atoms with Gasteiger partial charge in [0.25, 0.3) is 5.91 Å². The molecule has 0 aliphatic heterocycles. The molecule has 0 spiro atoms. The second-order valence-corrected chi connectivity index (χ2v) is 4.06. The van der Waals surface area contributed by atoms with Crippen molar-refractivity contribution in [2.45, 2.75) is 26.3 Å². The first-order valence-corrected chi connectivity index (χ1v) is 5.48. The minimum absolute atomic E-state index is 0.259. The summed E-state index contributed by atoms with van der Waals surface area (Å²) in [4.78, 5) is 21.0. The molecule has 0 saturated carbocycles. The van der Waals surface area contributed by atoms with Crippen molar-refractivity contribution in [2.75, 3.05) is 7.11 Å². The van der Waals surface area contributed by atoms with E-state index in [0.29, 0.717) is 12.5 Å². The lowest BCUT2D eigenvalue weighted by molar-refractivity contribution is -0.131. The molecule has 0 bridgehead atoms. The fourth-order valence-electron chi connectivity index (χ4n) is 1.49. The maximum Gasteiger partial charge on any atom is 0.284 e. The van der Waals surface area contributed by atoms with Gasteiger partial charge in [0.2, 0.25) is 6.29 Å². The number of benzene rings is 1. The summed E-state index contributed by atoms with van der Waals surface area (Å²) in [5.74, 6) is 0.518. The molecule has 0 heterocycles. The molecule has 17 heavy (non-hydrogen) atoms. The van der Waals surface area contributed by atoms with Gasteiger partial charge in [-0.3, -0.25) is 9.59 Å². The minimum Gasteiger partial charge on any atom is -0.496 e. The van der Waals surface area contributed by atoms with E-state index in [4.69, 9.17) is 4.74 Å². The van der Waals surface area contributed by atoms with E-state index in [2.05, 4.69) is 19.2 Å². The number of hydrogen-bond acceptors (Lipinski definition) is 3. The third-order valence-electron chi connectivity index (χ3n) is 2.54. The van der Waals surface area contributed by atoms with Crippen LogP contribution in [0.15, 0.2) is 18.2 Å². The van der Waals surface area contributed by atoms with E-state index in [9.17, 15) is 9.59 Å². The predicted octanol–water partition coefficient (Wildman–Crippen LogP) is 1.63. The van der Waals surface area contributed by atoms with E-state index >= 15 is 0 Å². The summed E-state index contributed by atoms with van der Waals surface area (Å²) in [6, 6.07) is 5.85. The standard InChI is InChI=1S/C13H17NO3/c1-9(2)10-4-5-11(12(6-10)17-3)7-14-13(16)8-15/h4-6,8-9H,7H2,1-3H3,(H,14,16). The summed E-state index contributed by atoms with van der Waals surface area (Å²) in [6.07, 6.45) is 0.259. The number of aldehydes is 1. The Kier molecular flexibility index (Phi) is 4.69. The van der Waals surface area contributed by atoms with Crippen LogP contribution in [0, 0.1) is 0 Å². The van der Waals surface area contributed by atoms with Gasteiger partial charge in [-0.05, 0) is 17.5 Å². The lowest BCUT2D eigenvalue weighted by Gasteiger charge is -2.12. The van der Waals surface area contributed by atoms with Gasteiger partial charge < -0.3 is 10.1 Å². The minimum atomic E-state index is -0.625. The molecule has 1 amide bonds. The second kappa shape index (κ2) is 6.03. The first-order valence-electron chi connectivity index (χ1n) is 5.48. The Morgan fingerprint density at radius 1 is 1.47 bits per heavy atom. The van der Waals surface area contributed by atoms with Crippen molar-refractivity contribution >= 4 is 12.2 Å². The van der Waals surface area contributed by atoms with E-state index in [0.717, 1.165) is 11.3 Å². The van der Waals surface area contributed by atoms with Crippen LogP contribution in [0.3, 0.4) is 0 Å². The van der Waals surface area contributed by atoms with Crippen molar-refractivity contribution in [1.82, 2.24) is 5.32 Å². The van der Waals surface area contributed by atoms with Crippen LogP contribution < -0.4 is 10.1 Å². The quantitative estimate of drug-likeness (QED) is 0.623. The number of methoxy groups -OCH3 is 1. The molecule has 1 N–H and O–H groups in total. The van der Waals surface area contributed by atoms with E-state index in [-0.39, 0.29) is 6.29 Å². The Hall–Kier alpha value is -1.84. The van der Waals surface area contributed by atoms with Crippen molar-refractivity contribution in [3.05, 3.63) is 29.3 Å². The molecule has 92 valence electrons. The largest absolute Gasteiger partial charge is 0.496 e. The maximum absolute atomic E-state index is 10.8. The molecule has 0 unspecified atom stereocenters. The van der Waals surface area contributed by atoms with Gasteiger partial charge in [-0.2, -0.15) is 0 Å². The molecular weight excluding hydrogens is 218 g/mol. The summed E-state index contributed by atoms with van der Waals surface area (Å²) in [6.45, 7) is 4.49. The molecule has 0 fully saturated rings. The zero-order chi connectivity index (χ0) is 12.8. The van der Waals surface area contributed by atoms with Crippen molar-refractivity contribution in [1.29, 1.82) is 0 Å². The molecule has 0 aliphatic rings. The lowest BCUT2D eigenvalue weighted by atomic mass is 10.0. The molecular formula is C13H17NO3. The molecule has 4 nitrogen and oxygen atoms in total. The molecule has 4 heteroatoms. The third kappa shape index (κ3) is 3.59. The Bertz CT molecular complexity index is 413. The number of ether oxygens (including phenoxy) is 1. The highest BCUT2D eigenvalue weighted by molar-refractivity contribution is 6.23. The highest BCUT2D eigenvalue weighted by atomic mass is 16.5. The highest BCUT2D eigenvalue weighted by Crippen LogP contribution is 2.24. The van der Waals surface area contributed by atoms with Gasteiger partial charge in [-0.1, -0.05) is 26.0 Å². The summed E-state index contributed by atoms with van der Waals surface area (Å²) < 4.78 is 5.26. The molecule has 1 rings (SSSR count). The molecule has 0 atom stereocenters. The van der Waals surface area contributed by atoms with Gasteiger partial charge in [0, 0.05) is 12.1 Å². The van der Waals surface area contributed by atoms with Crippen LogP contribution in [-0.2, 0) is 16.1 Å². The maximum atomic E-state index is 10.8. The molecule has 0 aromatic heterocycles. The number of carbonyl (C=O) groups excluding carboxylic acids is 2. The Labute approximate surface area is 101 Å². The summed E-state index contributed by atoms with van der Waals surface area (Å²) >= 11 is 0. The fourth-order valence-corrected chi connectivity index (χ4v) is 1.49. The second-order valence-electron chi connectivity index (χ2n) is 4.06. The predicted molar refractivity (Wildman–Crippen MR) is 65.0 cm³/mol. The summed E-state index contributed by atoms with van der Waals surface area (Å²) in [7, 11) is 1.59. The van der Waals surface area contributed by atoms with Gasteiger partial charge in [-0.15, -0.1) is 0 Å². The fraction of sp³-hybridized carbons (Fsp3) is 0.385. The Morgan fingerprint density at radius 2 is 2.18 bits per heavy atom. The van der Waals surface area contributed by atoms with E-state index in [1.54, 1.807) is 7.11 Å². The normalized spacial score (nSPS) is 10.1. The lowest BCUT2D eigenvalue weighted by Crippen LogP contribution is -2.23. The first kappa shape index (κ1) is 13.2. The van der Waals surface area contributed by atoms with E-state index in [1.807, 2.05) is 18.2 Å². The SMILES string of the molecule is COc1cc(C(C)C)ccc1CNC(=O)C=O. The molecule has 0 aliphatic carbocycles. The topological polar surface area (TPSA) is 55.4 Å². The number of hydrogen-bond donors (Lipinski definition) is 1. The number of rotatable bonds is 5.